The van der Waals surface area contributed by atoms with Gasteiger partial charge in [0.05, 0.1) is 17.2 Å². The SMILES string of the molecule is CCNC(=NCc1ccc(C)cc1)NCCS(=O)(=O)c1ccccc1. The second kappa shape index (κ2) is 9.22. The number of aliphatic imine (C=N–C) groups is 1. The maximum absolute atomic E-state index is 12.3. The van der Waals surface area contributed by atoms with Crippen molar-refractivity contribution in [3.05, 3.63) is 65.7 Å². The van der Waals surface area contributed by atoms with Crippen LogP contribution in [0.5, 0.6) is 0 Å². The van der Waals surface area contributed by atoms with E-state index >= 15 is 0 Å². The van der Waals surface area contributed by atoms with Crippen molar-refractivity contribution >= 4 is 15.8 Å². The van der Waals surface area contributed by atoms with Gasteiger partial charge in [0.2, 0.25) is 0 Å². The first-order valence-corrected chi connectivity index (χ1v) is 10.0. The molecule has 0 radical (unpaired) electrons. The van der Waals surface area contributed by atoms with Crippen LogP contribution < -0.4 is 10.6 Å². The first-order valence-electron chi connectivity index (χ1n) is 8.37. The number of hydrogen-bond donors (Lipinski definition) is 2. The van der Waals surface area contributed by atoms with E-state index in [0.29, 0.717) is 30.5 Å². The van der Waals surface area contributed by atoms with Crippen LogP contribution in [0.3, 0.4) is 0 Å². The fourth-order valence-corrected chi connectivity index (χ4v) is 3.43. The summed E-state index contributed by atoms with van der Waals surface area (Å²) in [5.74, 6) is 0.637. The van der Waals surface area contributed by atoms with Gasteiger partial charge in [-0.3, -0.25) is 0 Å². The molecule has 6 heteroatoms. The Balaban J connectivity index is 1.92. The number of guanidine groups is 1. The van der Waals surface area contributed by atoms with Crippen LogP contribution in [0, 0.1) is 6.92 Å². The Labute approximate surface area is 150 Å². The van der Waals surface area contributed by atoms with E-state index < -0.39 is 9.84 Å². The number of benzene rings is 2. The van der Waals surface area contributed by atoms with E-state index in [2.05, 4.69) is 27.8 Å². The lowest BCUT2D eigenvalue weighted by molar-refractivity contribution is 0.594. The first-order chi connectivity index (χ1) is 12.0. The second-order valence-corrected chi connectivity index (χ2v) is 7.85. The molecule has 0 fully saturated rings. The Hall–Kier alpha value is -2.34. The molecule has 0 saturated carbocycles. The fourth-order valence-electron chi connectivity index (χ4n) is 2.26. The lowest BCUT2D eigenvalue weighted by atomic mass is 10.1. The van der Waals surface area contributed by atoms with Crippen LogP contribution in [0.25, 0.3) is 0 Å². The van der Waals surface area contributed by atoms with E-state index in [4.69, 9.17) is 0 Å². The highest BCUT2D eigenvalue weighted by Gasteiger charge is 2.13. The Morgan fingerprint density at radius 1 is 1.00 bits per heavy atom. The van der Waals surface area contributed by atoms with Crippen molar-refractivity contribution in [3.63, 3.8) is 0 Å². The third kappa shape index (κ3) is 6.23. The molecule has 25 heavy (non-hydrogen) atoms. The van der Waals surface area contributed by atoms with E-state index in [0.717, 1.165) is 5.56 Å². The summed E-state index contributed by atoms with van der Waals surface area (Å²) in [5.41, 5.74) is 2.32. The van der Waals surface area contributed by atoms with Crippen molar-refractivity contribution in [1.29, 1.82) is 0 Å². The highest BCUT2D eigenvalue weighted by atomic mass is 32.2. The molecule has 0 aliphatic rings. The van der Waals surface area contributed by atoms with Gasteiger partial charge in [-0.15, -0.1) is 0 Å². The van der Waals surface area contributed by atoms with E-state index in [-0.39, 0.29) is 5.75 Å². The maximum atomic E-state index is 12.3. The molecule has 134 valence electrons. The minimum absolute atomic E-state index is 0.0198. The molecule has 0 amide bonds. The predicted octanol–water partition coefficient (Wildman–Crippen LogP) is 2.52. The normalized spacial score (nSPS) is 12.0. The quantitative estimate of drug-likeness (QED) is 0.589. The topological polar surface area (TPSA) is 70.6 Å². The van der Waals surface area contributed by atoms with E-state index in [9.17, 15) is 8.42 Å². The number of rotatable bonds is 7. The average molecular weight is 359 g/mol. The smallest absolute Gasteiger partial charge is 0.191 e. The van der Waals surface area contributed by atoms with Crippen LogP contribution in [-0.2, 0) is 16.4 Å². The van der Waals surface area contributed by atoms with Crippen molar-refractivity contribution in [2.45, 2.75) is 25.3 Å². The number of aryl methyl sites for hydroxylation is 1. The Morgan fingerprint density at radius 2 is 1.68 bits per heavy atom. The molecule has 2 aromatic rings. The average Bonchev–Trinajstić information content (AvgIpc) is 2.61. The minimum Gasteiger partial charge on any atom is -0.357 e. The van der Waals surface area contributed by atoms with Gasteiger partial charge in [0, 0.05) is 13.1 Å². The summed E-state index contributed by atoms with van der Waals surface area (Å²) in [6.45, 7) is 5.58. The molecule has 0 aromatic heterocycles. The summed E-state index contributed by atoms with van der Waals surface area (Å²) in [6, 6.07) is 16.7. The highest BCUT2D eigenvalue weighted by Crippen LogP contribution is 2.09. The van der Waals surface area contributed by atoms with E-state index in [1.54, 1.807) is 30.3 Å². The monoisotopic (exact) mass is 359 g/mol. The van der Waals surface area contributed by atoms with Crippen molar-refractivity contribution in [2.75, 3.05) is 18.8 Å². The molecule has 2 rings (SSSR count). The maximum Gasteiger partial charge on any atom is 0.191 e. The summed E-state index contributed by atoms with van der Waals surface area (Å²) >= 11 is 0. The highest BCUT2D eigenvalue weighted by molar-refractivity contribution is 7.91. The lowest BCUT2D eigenvalue weighted by Crippen LogP contribution is -2.39. The number of hydrogen-bond acceptors (Lipinski definition) is 3. The molecule has 2 N–H and O–H groups in total. The Kier molecular flexibility index (Phi) is 7.01. The van der Waals surface area contributed by atoms with Crippen molar-refractivity contribution in [1.82, 2.24) is 10.6 Å². The van der Waals surface area contributed by atoms with Gasteiger partial charge in [-0.1, -0.05) is 48.0 Å². The fraction of sp³-hybridized carbons (Fsp3) is 0.316. The third-order valence-electron chi connectivity index (χ3n) is 3.65. The van der Waals surface area contributed by atoms with Gasteiger partial charge in [-0.2, -0.15) is 0 Å². The molecule has 2 aromatic carbocycles. The molecule has 5 nitrogen and oxygen atoms in total. The van der Waals surface area contributed by atoms with Crippen LogP contribution in [0.1, 0.15) is 18.1 Å². The number of sulfone groups is 1. The van der Waals surface area contributed by atoms with Gasteiger partial charge in [-0.25, -0.2) is 13.4 Å². The Morgan fingerprint density at radius 3 is 2.32 bits per heavy atom. The zero-order valence-corrected chi connectivity index (χ0v) is 15.5. The van der Waals surface area contributed by atoms with Gasteiger partial charge in [0.1, 0.15) is 0 Å². The molecule has 0 bridgehead atoms. The minimum atomic E-state index is -3.29. The molecule has 0 unspecified atom stereocenters. The van der Waals surface area contributed by atoms with E-state index in [1.807, 2.05) is 26.0 Å². The standard InChI is InChI=1S/C19H25N3O2S/c1-3-20-19(22-15-17-11-9-16(2)10-12-17)21-13-14-25(23,24)18-7-5-4-6-8-18/h4-12H,3,13-15H2,1-2H3,(H2,20,21,22). The molecular formula is C19H25N3O2S. The van der Waals surface area contributed by atoms with Crippen LogP contribution >= 0.6 is 0 Å². The van der Waals surface area contributed by atoms with Gasteiger partial charge in [0.15, 0.2) is 15.8 Å². The summed E-state index contributed by atoms with van der Waals surface area (Å²) in [6.07, 6.45) is 0. The summed E-state index contributed by atoms with van der Waals surface area (Å²) in [7, 11) is -3.29. The number of nitrogens with one attached hydrogen (secondary N) is 2. The van der Waals surface area contributed by atoms with Gasteiger partial charge in [-0.05, 0) is 31.5 Å². The summed E-state index contributed by atoms with van der Waals surface area (Å²) in [4.78, 5) is 4.85. The molecule has 0 aliphatic carbocycles. The lowest BCUT2D eigenvalue weighted by Gasteiger charge is -2.11. The molecular weight excluding hydrogens is 334 g/mol. The van der Waals surface area contributed by atoms with Crippen LogP contribution in [-0.4, -0.2) is 33.2 Å². The zero-order valence-electron chi connectivity index (χ0n) is 14.7. The molecule has 0 spiro atoms. The van der Waals surface area contributed by atoms with Gasteiger partial charge >= 0.3 is 0 Å². The zero-order chi connectivity index (χ0) is 18.1. The molecule has 0 aliphatic heterocycles. The number of nitrogens with zero attached hydrogens (tertiary/aromatic N) is 1. The molecule has 0 atom stereocenters. The van der Waals surface area contributed by atoms with Gasteiger partial charge in [0.25, 0.3) is 0 Å². The van der Waals surface area contributed by atoms with Crippen LogP contribution in [0.4, 0.5) is 0 Å². The molecule has 0 heterocycles. The van der Waals surface area contributed by atoms with Gasteiger partial charge < -0.3 is 10.6 Å². The van der Waals surface area contributed by atoms with Crippen LogP contribution in [0.2, 0.25) is 0 Å². The first kappa shape index (κ1) is 19.0. The third-order valence-corrected chi connectivity index (χ3v) is 5.38. The molecule has 0 saturated heterocycles. The van der Waals surface area contributed by atoms with E-state index in [1.165, 1.54) is 5.56 Å². The summed E-state index contributed by atoms with van der Waals surface area (Å²) in [5, 5.41) is 6.22. The van der Waals surface area contributed by atoms with Crippen molar-refractivity contribution in [2.24, 2.45) is 4.99 Å². The largest absolute Gasteiger partial charge is 0.357 e. The Bertz CT molecular complexity index is 785. The summed E-state index contributed by atoms with van der Waals surface area (Å²) < 4.78 is 24.6. The van der Waals surface area contributed by atoms with Crippen molar-refractivity contribution in [3.8, 4) is 0 Å². The second-order valence-electron chi connectivity index (χ2n) is 5.74. The predicted molar refractivity (Wildman–Crippen MR) is 102 cm³/mol. The van der Waals surface area contributed by atoms with Crippen molar-refractivity contribution < 1.29 is 8.42 Å². The van der Waals surface area contributed by atoms with Crippen LogP contribution in [0.15, 0.2) is 64.5 Å².